The molecule has 1 fully saturated rings. The molecule has 0 bridgehead atoms. The summed E-state index contributed by atoms with van der Waals surface area (Å²) in [6, 6.07) is 0. The van der Waals surface area contributed by atoms with Gasteiger partial charge in [0.15, 0.2) is 0 Å². The molecule has 0 aromatic rings. The summed E-state index contributed by atoms with van der Waals surface area (Å²) in [6.07, 6.45) is 10.00. The SMILES string of the molecule is C/C=C(\C)C(=O)O[C@@H]1C[C@@H](C)[C@](C)(CC/C(C)=C\C(=O)O)[C@H]2CCC=C(C)[C@@]21C. The molecule has 0 heterocycles. The minimum Gasteiger partial charge on any atom is -0.478 e. The van der Waals surface area contributed by atoms with E-state index in [1.165, 1.54) is 11.6 Å². The molecule has 0 amide bonds. The molecular formula is C25H38O4. The molecule has 2 aliphatic carbocycles. The highest BCUT2D eigenvalue weighted by Gasteiger charge is 2.58. The van der Waals surface area contributed by atoms with E-state index in [1.807, 2.05) is 13.8 Å². The lowest BCUT2D eigenvalue weighted by Gasteiger charge is -2.60. The number of carboxylic acid groups (broad SMARTS) is 1. The number of hydrogen-bond donors (Lipinski definition) is 1. The molecule has 2 rings (SSSR count). The Morgan fingerprint density at radius 3 is 2.55 bits per heavy atom. The van der Waals surface area contributed by atoms with Crippen LogP contribution in [0, 0.1) is 22.7 Å². The van der Waals surface area contributed by atoms with Crippen molar-refractivity contribution in [2.75, 3.05) is 0 Å². The first kappa shape index (κ1) is 23.4. The summed E-state index contributed by atoms with van der Waals surface area (Å²) in [5, 5.41) is 9.05. The van der Waals surface area contributed by atoms with Crippen molar-refractivity contribution >= 4 is 11.9 Å². The summed E-state index contributed by atoms with van der Waals surface area (Å²) in [5.74, 6) is -0.318. The summed E-state index contributed by atoms with van der Waals surface area (Å²) in [5.41, 5.74) is 2.76. The van der Waals surface area contributed by atoms with E-state index in [1.54, 1.807) is 13.0 Å². The number of carbonyl (C=O) groups excluding carboxylic acids is 1. The third-order valence-electron chi connectivity index (χ3n) is 8.07. The Balaban J connectivity index is 2.37. The second-order valence-corrected chi connectivity index (χ2v) is 9.64. The fourth-order valence-corrected chi connectivity index (χ4v) is 5.61. The number of carbonyl (C=O) groups is 2. The zero-order chi connectivity index (χ0) is 22.0. The van der Waals surface area contributed by atoms with Crippen LogP contribution in [-0.2, 0) is 14.3 Å². The Bertz CT molecular complexity index is 744. The molecule has 1 N–H and O–H groups in total. The van der Waals surface area contributed by atoms with Crippen molar-refractivity contribution in [1.29, 1.82) is 0 Å². The molecule has 0 aromatic carbocycles. The smallest absolute Gasteiger partial charge is 0.333 e. The van der Waals surface area contributed by atoms with E-state index in [-0.39, 0.29) is 22.9 Å². The highest BCUT2D eigenvalue weighted by Crippen LogP contribution is 2.62. The molecule has 5 atom stereocenters. The van der Waals surface area contributed by atoms with Crippen molar-refractivity contribution in [3.05, 3.63) is 34.9 Å². The van der Waals surface area contributed by atoms with Crippen LogP contribution in [0.3, 0.4) is 0 Å². The topological polar surface area (TPSA) is 63.6 Å². The Hall–Kier alpha value is -1.84. The zero-order valence-electron chi connectivity index (χ0n) is 19.2. The van der Waals surface area contributed by atoms with Gasteiger partial charge >= 0.3 is 11.9 Å². The minimum atomic E-state index is -0.878. The quantitative estimate of drug-likeness (QED) is 0.332. The number of rotatable bonds is 6. The number of carboxylic acids is 1. The maximum atomic E-state index is 12.6. The van der Waals surface area contributed by atoms with E-state index in [2.05, 4.69) is 33.8 Å². The maximum absolute atomic E-state index is 12.6. The summed E-state index contributed by atoms with van der Waals surface area (Å²) < 4.78 is 6.09. The Morgan fingerprint density at radius 1 is 1.31 bits per heavy atom. The maximum Gasteiger partial charge on any atom is 0.333 e. The molecule has 2 aliphatic rings. The largest absolute Gasteiger partial charge is 0.478 e. The van der Waals surface area contributed by atoms with Gasteiger partial charge in [-0.1, -0.05) is 44.1 Å². The number of allylic oxidation sites excluding steroid dienone is 3. The van der Waals surface area contributed by atoms with Crippen molar-refractivity contribution in [3.63, 3.8) is 0 Å². The van der Waals surface area contributed by atoms with Crippen LogP contribution in [0.25, 0.3) is 0 Å². The summed E-state index contributed by atoms with van der Waals surface area (Å²) in [6.45, 7) is 14.7. The lowest BCUT2D eigenvalue weighted by atomic mass is 9.46. The van der Waals surface area contributed by atoms with Crippen molar-refractivity contribution in [1.82, 2.24) is 0 Å². The van der Waals surface area contributed by atoms with Crippen molar-refractivity contribution < 1.29 is 19.4 Å². The molecule has 0 radical (unpaired) electrons. The summed E-state index contributed by atoms with van der Waals surface area (Å²) >= 11 is 0. The third kappa shape index (κ3) is 4.51. The van der Waals surface area contributed by atoms with E-state index < -0.39 is 5.97 Å². The summed E-state index contributed by atoms with van der Waals surface area (Å²) in [4.78, 5) is 23.6. The normalized spacial score (nSPS) is 35.6. The number of aliphatic carboxylic acids is 1. The van der Waals surface area contributed by atoms with Crippen LogP contribution in [0.1, 0.15) is 80.6 Å². The Kier molecular flexibility index (Phi) is 7.19. The molecule has 0 unspecified atom stereocenters. The lowest BCUT2D eigenvalue weighted by molar-refractivity contribution is -0.172. The van der Waals surface area contributed by atoms with Gasteiger partial charge in [0.2, 0.25) is 0 Å². The van der Waals surface area contributed by atoms with Gasteiger partial charge in [-0.2, -0.15) is 0 Å². The van der Waals surface area contributed by atoms with Gasteiger partial charge in [-0.25, -0.2) is 9.59 Å². The van der Waals surface area contributed by atoms with Crippen molar-refractivity contribution in [2.24, 2.45) is 22.7 Å². The highest BCUT2D eigenvalue weighted by atomic mass is 16.5. The highest BCUT2D eigenvalue weighted by molar-refractivity contribution is 5.87. The number of fused-ring (bicyclic) bond motifs is 1. The molecule has 1 saturated carbocycles. The molecule has 162 valence electrons. The zero-order valence-corrected chi connectivity index (χ0v) is 19.2. The Labute approximate surface area is 176 Å². The Morgan fingerprint density at radius 2 is 1.97 bits per heavy atom. The fraction of sp³-hybridized carbons (Fsp3) is 0.680. The predicted octanol–water partition coefficient (Wildman–Crippen LogP) is 6.08. The van der Waals surface area contributed by atoms with Crippen LogP contribution >= 0.6 is 0 Å². The van der Waals surface area contributed by atoms with Crippen LogP contribution in [0.15, 0.2) is 34.9 Å². The third-order valence-corrected chi connectivity index (χ3v) is 8.07. The van der Waals surface area contributed by atoms with Crippen LogP contribution in [-0.4, -0.2) is 23.1 Å². The van der Waals surface area contributed by atoms with Gasteiger partial charge in [0, 0.05) is 17.1 Å². The molecule has 29 heavy (non-hydrogen) atoms. The standard InChI is InChI=1S/C25H38O4/c1-8-17(3)23(28)29-21-15-19(5)24(6,13-12-16(2)14-22(26)27)20-11-9-10-18(4)25(20,21)7/h8,10,14,19-21H,9,11-13,15H2,1-7H3,(H,26,27)/b16-14-,17-8+/t19-,20-,21-,24+,25+/m1/s1. The first-order chi connectivity index (χ1) is 13.5. The second kappa shape index (κ2) is 8.89. The molecule has 0 saturated heterocycles. The lowest BCUT2D eigenvalue weighted by Crippen LogP contribution is -2.57. The van der Waals surface area contributed by atoms with E-state index in [4.69, 9.17) is 9.84 Å². The van der Waals surface area contributed by atoms with Crippen LogP contribution < -0.4 is 0 Å². The minimum absolute atomic E-state index is 0.0659. The second-order valence-electron chi connectivity index (χ2n) is 9.64. The average Bonchev–Trinajstić information content (AvgIpc) is 2.65. The van der Waals surface area contributed by atoms with Gasteiger partial charge in [0.25, 0.3) is 0 Å². The van der Waals surface area contributed by atoms with E-state index >= 15 is 0 Å². The molecule has 0 spiro atoms. The van der Waals surface area contributed by atoms with Gasteiger partial charge in [0.05, 0.1) is 0 Å². The molecule has 4 nitrogen and oxygen atoms in total. The van der Waals surface area contributed by atoms with E-state index in [9.17, 15) is 9.59 Å². The van der Waals surface area contributed by atoms with Crippen molar-refractivity contribution in [2.45, 2.75) is 86.7 Å². The van der Waals surface area contributed by atoms with Gasteiger partial charge in [-0.3, -0.25) is 0 Å². The monoisotopic (exact) mass is 402 g/mol. The van der Waals surface area contributed by atoms with Gasteiger partial charge in [0.1, 0.15) is 6.10 Å². The van der Waals surface area contributed by atoms with Crippen LogP contribution in [0.4, 0.5) is 0 Å². The summed E-state index contributed by atoms with van der Waals surface area (Å²) in [7, 11) is 0. The van der Waals surface area contributed by atoms with Crippen molar-refractivity contribution in [3.8, 4) is 0 Å². The first-order valence-electron chi connectivity index (χ1n) is 10.9. The van der Waals surface area contributed by atoms with Crippen LogP contribution in [0.2, 0.25) is 0 Å². The average molecular weight is 403 g/mol. The number of esters is 1. The fourth-order valence-electron chi connectivity index (χ4n) is 5.61. The number of ether oxygens (including phenoxy) is 1. The molecule has 0 aliphatic heterocycles. The predicted molar refractivity (Wildman–Crippen MR) is 116 cm³/mol. The molecular weight excluding hydrogens is 364 g/mol. The molecule has 4 heteroatoms. The van der Waals surface area contributed by atoms with E-state index in [0.29, 0.717) is 17.4 Å². The number of hydrogen-bond acceptors (Lipinski definition) is 3. The van der Waals surface area contributed by atoms with E-state index in [0.717, 1.165) is 37.7 Å². The first-order valence-corrected chi connectivity index (χ1v) is 10.9. The van der Waals surface area contributed by atoms with Crippen LogP contribution in [0.5, 0.6) is 0 Å². The molecule has 0 aromatic heterocycles. The van der Waals surface area contributed by atoms with Gasteiger partial charge in [-0.15, -0.1) is 0 Å². The van der Waals surface area contributed by atoms with Gasteiger partial charge < -0.3 is 9.84 Å². The van der Waals surface area contributed by atoms with Gasteiger partial charge in [-0.05, 0) is 77.0 Å².